The predicted octanol–water partition coefficient (Wildman–Crippen LogP) is -1.37. The molecule has 0 saturated carbocycles. The van der Waals surface area contributed by atoms with E-state index in [4.69, 9.17) is 10.9 Å². The zero-order chi connectivity index (χ0) is 5.44. The second-order valence-corrected chi connectivity index (χ2v) is 1.55. The molecule has 0 amide bonds. The zero-order valence-electron chi connectivity index (χ0n) is 3.66. The van der Waals surface area contributed by atoms with E-state index < -0.39 is 12.0 Å². The summed E-state index contributed by atoms with van der Waals surface area (Å²) in [6.45, 7) is 0.495. The molecule has 2 atom stereocenters. The molecule has 1 aliphatic rings. The number of hydrogen-bond acceptors (Lipinski definition) is 3. The number of nitrogens with two attached hydrogens (primary N) is 1. The number of aliphatic carboxylic acids is 1. The maximum absolute atomic E-state index is 9.85. The fourth-order valence-corrected chi connectivity index (χ4v) is 0.372. The van der Waals surface area contributed by atoms with Crippen LogP contribution < -0.4 is 5.84 Å². The Balaban J connectivity index is 2.33. The minimum atomic E-state index is -0.831. The first-order valence-corrected chi connectivity index (χ1v) is 1.96. The van der Waals surface area contributed by atoms with Gasteiger partial charge in [-0.15, -0.1) is 0 Å². The van der Waals surface area contributed by atoms with Crippen LogP contribution in [0.15, 0.2) is 0 Å². The van der Waals surface area contributed by atoms with Crippen molar-refractivity contribution in [3.8, 4) is 0 Å². The first-order valence-electron chi connectivity index (χ1n) is 1.96. The highest BCUT2D eigenvalue weighted by Crippen LogP contribution is 2.08. The molecule has 1 aliphatic heterocycles. The molecule has 0 radical (unpaired) electrons. The summed E-state index contributed by atoms with van der Waals surface area (Å²) < 4.78 is 0. The van der Waals surface area contributed by atoms with Crippen LogP contribution >= 0.6 is 0 Å². The first-order chi connectivity index (χ1) is 3.22. The van der Waals surface area contributed by atoms with Crippen LogP contribution in [0.3, 0.4) is 0 Å². The van der Waals surface area contributed by atoms with Gasteiger partial charge in [0.15, 0.2) is 0 Å². The maximum atomic E-state index is 9.85. The molecule has 1 rings (SSSR count). The molecule has 3 N–H and O–H groups in total. The third-order valence-corrected chi connectivity index (χ3v) is 0.936. The van der Waals surface area contributed by atoms with E-state index in [-0.39, 0.29) is 0 Å². The van der Waals surface area contributed by atoms with Gasteiger partial charge in [0.2, 0.25) is 0 Å². The van der Waals surface area contributed by atoms with Gasteiger partial charge < -0.3 is 5.11 Å². The van der Waals surface area contributed by atoms with E-state index in [0.29, 0.717) is 6.54 Å². The minimum absolute atomic E-state index is 0.403. The van der Waals surface area contributed by atoms with Gasteiger partial charge >= 0.3 is 5.97 Å². The van der Waals surface area contributed by atoms with E-state index >= 15 is 0 Å². The Labute approximate surface area is 40.5 Å². The lowest BCUT2D eigenvalue weighted by atomic mass is 10.5. The summed E-state index contributed by atoms with van der Waals surface area (Å²) in [5, 5.41) is 9.37. The van der Waals surface area contributed by atoms with Gasteiger partial charge in [0.05, 0.1) is 0 Å². The molecular weight excluding hydrogens is 96.0 g/mol. The fraction of sp³-hybridized carbons (Fsp3) is 0.667. The van der Waals surface area contributed by atoms with Crippen LogP contribution in [0.1, 0.15) is 0 Å². The summed E-state index contributed by atoms with van der Waals surface area (Å²) in [7, 11) is 0. The van der Waals surface area contributed by atoms with Gasteiger partial charge in [0, 0.05) is 6.54 Å². The third kappa shape index (κ3) is 0.703. The summed E-state index contributed by atoms with van der Waals surface area (Å²) in [4.78, 5) is 9.85. The number of carbonyl (C=O) groups is 1. The summed E-state index contributed by atoms with van der Waals surface area (Å²) in [6, 6.07) is -0.403. The Morgan fingerprint density at radius 1 is 2.00 bits per heavy atom. The van der Waals surface area contributed by atoms with Crippen molar-refractivity contribution in [2.75, 3.05) is 6.54 Å². The average Bonchev–Trinajstić information content (AvgIpc) is 2.17. The van der Waals surface area contributed by atoms with Gasteiger partial charge in [-0.3, -0.25) is 10.6 Å². The van der Waals surface area contributed by atoms with Gasteiger partial charge in [-0.2, -0.15) is 0 Å². The van der Waals surface area contributed by atoms with Gasteiger partial charge in [-0.05, 0) is 0 Å². The summed E-state index contributed by atoms with van der Waals surface area (Å²) >= 11 is 0. The number of carboxylic acid groups (broad SMARTS) is 1. The normalized spacial score (nSPS) is 37.9. The van der Waals surface area contributed by atoms with E-state index in [1.165, 1.54) is 5.01 Å². The quantitative estimate of drug-likeness (QED) is 0.316. The van der Waals surface area contributed by atoms with Crippen molar-refractivity contribution >= 4 is 5.97 Å². The molecule has 0 aromatic carbocycles. The van der Waals surface area contributed by atoms with Crippen molar-refractivity contribution in [3.63, 3.8) is 0 Å². The predicted molar refractivity (Wildman–Crippen MR) is 22.3 cm³/mol. The summed E-state index contributed by atoms with van der Waals surface area (Å²) in [5.74, 6) is 4.19. The van der Waals surface area contributed by atoms with Crippen LogP contribution in [-0.4, -0.2) is 28.7 Å². The number of hydrogen-bond donors (Lipinski definition) is 2. The molecule has 7 heavy (non-hydrogen) atoms. The topological polar surface area (TPSA) is 66.3 Å². The third-order valence-electron chi connectivity index (χ3n) is 0.936. The van der Waals surface area contributed by atoms with Gasteiger partial charge in [-0.1, -0.05) is 0 Å². The molecule has 40 valence electrons. The fourth-order valence-electron chi connectivity index (χ4n) is 0.372. The second-order valence-electron chi connectivity index (χ2n) is 1.55. The summed E-state index contributed by atoms with van der Waals surface area (Å²) in [5.41, 5.74) is 0. The first kappa shape index (κ1) is 4.55. The molecule has 1 unspecified atom stereocenters. The zero-order valence-corrected chi connectivity index (χ0v) is 3.66. The molecule has 1 heterocycles. The summed E-state index contributed by atoms with van der Waals surface area (Å²) in [6.07, 6.45) is 0. The highest BCUT2D eigenvalue weighted by molar-refractivity contribution is 5.76. The second kappa shape index (κ2) is 1.18. The van der Waals surface area contributed by atoms with Crippen molar-refractivity contribution in [1.29, 1.82) is 0 Å². The monoisotopic (exact) mass is 102 g/mol. The van der Waals surface area contributed by atoms with E-state index in [1.807, 2.05) is 0 Å². The Bertz CT molecular complexity index is 103. The smallest absolute Gasteiger partial charge is 0.323 e. The van der Waals surface area contributed by atoms with Gasteiger partial charge in [0.1, 0.15) is 6.04 Å². The van der Waals surface area contributed by atoms with E-state index in [0.717, 1.165) is 0 Å². The molecule has 0 aromatic rings. The number of rotatable bonds is 1. The molecule has 0 aromatic heterocycles. The number of carboxylic acids is 1. The number of nitrogens with zero attached hydrogens (tertiary/aromatic N) is 1. The van der Waals surface area contributed by atoms with Crippen LogP contribution in [-0.2, 0) is 4.79 Å². The maximum Gasteiger partial charge on any atom is 0.323 e. The molecular formula is C3H6N2O2. The molecule has 1 saturated heterocycles. The highest BCUT2D eigenvalue weighted by atomic mass is 16.4. The van der Waals surface area contributed by atoms with E-state index in [1.54, 1.807) is 0 Å². The van der Waals surface area contributed by atoms with Gasteiger partial charge in [-0.25, -0.2) is 5.01 Å². The Morgan fingerprint density at radius 3 is 2.43 bits per heavy atom. The van der Waals surface area contributed by atoms with Crippen molar-refractivity contribution in [2.24, 2.45) is 5.84 Å². The van der Waals surface area contributed by atoms with Crippen molar-refractivity contribution in [1.82, 2.24) is 5.01 Å². The van der Waals surface area contributed by atoms with Crippen LogP contribution in [0.2, 0.25) is 0 Å². The van der Waals surface area contributed by atoms with Crippen LogP contribution in [0.4, 0.5) is 0 Å². The number of hydrazine groups is 1. The molecule has 0 spiro atoms. The van der Waals surface area contributed by atoms with Crippen LogP contribution in [0.5, 0.6) is 0 Å². The lowest BCUT2D eigenvalue weighted by Crippen LogP contribution is -2.16. The average molecular weight is 102 g/mol. The molecule has 0 aliphatic carbocycles. The lowest BCUT2D eigenvalue weighted by molar-refractivity contribution is -0.137. The SMILES string of the molecule is NN1C[C@H]1C(=O)O. The highest BCUT2D eigenvalue weighted by Gasteiger charge is 2.37. The van der Waals surface area contributed by atoms with Crippen LogP contribution in [0.25, 0.3) is 0 Å². The Hall–Kier alpha value is -0.610. The molecule has 0 bridgehead atoms. The van der Waals surface area contributed by atoms with Crippen molar-refractivity contribution in [2.45, 2.75) is 6.04 Å². The Morgan fingerprint density at radius 2 is 2.43 bits per heavy atom. The van der Waals surface area contributed by atoms with Gasteiger partial charge in [0.25, 0.3) is 0 Å². The van der Waals surface area contributed by atoms with Crippen molar-refractivity contribution < 1.29 is 9.90 Å². The largest absolute Gasteiger partial charge is 0.480 e. The van der Waals surface area contributed by atoms with Crippen LogP contribution in [0, 0.1) is 0 Å². The van der Waals surface area contributed by atoms with E-state index in [9.17, 15) is 4.79 Å². The van der Waals surface area contributed by atoms with Crippen molar-refractivity contribution in [3.05, 3.63) is 0 Å². The standard InChI is InChI=1S/C3H6N2O2/c4-5-1-2(5)3(6)7/h2H,1,4H2,(H,6,7)/t2-,5?/m0/s1. The molecule has 4 heteroatoms. The van der Waals surface area contributed by atoms with E-state index in [2.05, 4.69) is 0 Å². The lowest BCUT2D eigenvalue weighted by Gasteiger charge is -1.83. The molecule has 4 nitrogen and oxygen atoms in total. The molecule has 1 fully saturated rings. The Kier molecular flexibility index (Phi) is 0.765. The minimum Gasteiger partial charge on any atom is -0.480 e.